The Labute approximate surface area is 361 Å². The summed E-state index contributed by atoms with van der Waals surface area (Å²) in [5.41, 5.74) is 16.5. The maximum atomic E-state index is 5.89. The van der Waals surface area contributed by atoms with E-state index in [9.17, 15) is 0 Å². The molecule has 2 aromatic heterocycles. The van der Waals surface area contributed by atoms with Crippen molar-refractivity contribution < 1.29 is 8.83 Å². The van der Waals surface area contributed by atoms with Crippen LogP contribution in [0.25, 0.3) is 57.6 Å². The van der Waals surface area contributed by atoms with Crippen LogP contribution >= 0.6 is 0 Å². The lowest BCUT2D eigenvalue weighted by molar-refractivity contribution is 0.589. The fraction of sp³-hybridized carbons (Fsp3) is 0.0357. The Balaban J connectivity index is 0.896. The summed E-state index contributed by atoms with van der Waals surface area (Å²) in [5.74, 6) is 1.17. The molecule has 0 amide bonds. The van der Waals surface area contributed by atoms with Gasteiger partial charge in [-0.3, -0.25) is 0 Å². The minimum atomic E-state index is 0.586. The number of fused-ring (bicyclic) bond motifs is 2. The van der Waals surface area contributed by atoms with Crippen molar-refractivity contribution in [2.45, 2.75) is 13.8 Å². The van der Waals surface area contributed by atoms with Gasteiger partial charge in [0.15, 0.2) is 11.2 Å². The van der Waals surface area contributed by atoms with E-state index in [0.717, 1.165) is 78.6 Å². The van der Waals surface area contributed by atoms with Gasteiger partial charge in [-0.1, -0.05) is 97.1 Å². The van der Waals surface area contributed by atoms with Crippen molar-refractivity contribution in [1.82, 2.24) is 9.97 Å². The Hall–Kier alpha value is -8.22. The summed E-state index contributed by atoms with van der Waals surface area (Å²) < 4.78 is 11.8. The lowest BCUT2D eigenvalue weighted by Gasteiger charge is -2.26. The van der Waals surface area contributed by atoms with Crippen molar-refractivity contribution in [2.24, 2.45) is 0 Å². The van der Waals surface area contributed by atoms with Crippen LogP contribution in [0.2, 0.25) is 0 Å². The molecule has 0 atom stereocenters. The molecule has 298 valence electrons. The molecule has 10 rings (SSSR count). The summed E-state index contributed by atoms with van der Waals surface area (Å²) in [6.07, 6.45) is 7.89. The molecule has 0 fully saturated rings. The number of para-hydroxylation sites is 4. The number of aromatic nitrogens is 2. The fourth-order valence-electron chi connectivity index (χ4n) is 7.76. The second kappa shape index (κ2) is 16.8. The highest BCUT2D eigenvalue weighted by atomic mass is 16.4. The van der Waals surface area contributed by atoms with Crippen LogP contribution in [0.3, 0.4) is 0 Å². The number of hydrogen-bond donors (Lipinski definition) is 0. The van der Waals surface area contributed by atoms with Gasteiger partial charge in [-0.05, 0) is 156 Å². The monoisotopic (exact) mass is 802 g/mol. The van der Waals surface area contributed by atoms with Crippen LogP contribution in [-0.2, 0) is 0 Å². The molecule has 0 N–H and O–H groups in total. The van der Waals surface area contributed by atoms with E-state index in [1.807, 2.05) is 72.8 Å². The molecule has 6 heteroatoms. The maximum absolute atomic E-state index is 5.89. The predicted octanol–water partition coefficient (Wildman–Crippen LogP) is 15.5. The molecule has 0 radical (unpaired) electrons. The van der Waals surface area contributed by atoms with Crippen LogP contribution in [0.15, 0.2) is 203 Å². The SMILES string of the molecule is Cc1cccc(N(c2ccc(/C=C/c3nc4ccccc4o3)cc2)c2ccc(-c3ccc(N(c4ccc(/C=C/c5nc6ccccc6o5)cc4)c4cccc(C)c4)cc3)cc2)c1. The Morgan fingerprint density at radius 2 is 0.726 bits per heavy atom. The van der Waals surface area contributed by atoms with E-state index in [0.29, 0.717) is 11.8 Å². The van der Waals surface area contributed by atoms with E-state index in [4.69, 9.17) is 8.83 Å². The van der Waals surface area contributed by atoms with Gasteiger partial charge in [0.25, 0.3) is 0 Å². The summed E-state index contributed by atoms with van der Waals surface area (Å²) >= 11 is 0. The van der Waals surface area contributed by atoms with Gasteiger partial charge < -0.3 is 18.6 Å². The highest BCUT2D eigenvalue weighted by Gasteiger charge is 2.16. The Morgan fingerprint density at radius 1 is 0.355 bits per heavy atom. The number of aryl methyl sites for hydroxylation is 2. The maximum Gasteiger partial charge on any atom is 0.220 e. The molecule has 0 aliphatic carbocycles. The minimum absolute atomic E-state index is 0.586. The third-order valence-electron chi connectivity index (χ3n) is 10.9. The zero-order valence-electron chi connectivity index (χ0n) is 34.4. The Morgan fingerprint density at radius 3 is 1.10 bits per heavy atom. The van der Waals surface area contributed by atoms with E-state index in [2.05, 4.69) is 179 Å². The lowest BCUT2D eigenvalue weighted by atomic mass is 10.0. The average molecular weight is 803 g/mol. The summed E-state index contributed by atoms with van der Waals surface area (Å²) in [4.78, 5) is 13.8. The molecule has 62 heavy (non-hydrogen) atoms. The number of hydrogen-bond acceptors (Lipinski definition) is 6. The van der Waals surface area contributed by atoms with Crippen LogP contribution in [0.1, 0.15) is 34.0 Å². The molecule has 6 nitrogen and oxygen atoms in total. The van der Waals surface area contributed by atoms with E-state index in [-0.39, 0.29) is 0 Å². The zero-order valence-corrected chi connectivity index (χ0v) is 34.4. The third-order valence-corrected chi connectivity index (χ3v) is 10.9. The summed E-state index contributed by atoms with van der Waals surface area (Å²) in [5, 5.41) is 0. The molecule has 0 saturated heterocycles. The molecule has 8 aromatic carbocycles. The van der Waals surface area contributed by atoms with Gasteiger partial charge in [0.1, 0.15) is 11.0 Å². The fourth-order valence-corrected chi connectivity index (χ4v) is 7.76. The molecular weight excluding hydrogens is 761 g/mol. The molecule has 0 saturated carbocycles. The molecule has 10 aromatic rings. The van der Waals surface area contributed by atoms with E-state index in [1.54, 1.807) is 0 Å². The number of nitrogens with zero attached hydrogens (tertiary/aromatic N) is 4. The summed E-state index contributed by atoms with van der Waals surface area (Å²) in [6.45, 7) is 4.26. The van der Waals surface area contributed by atoms with Crippen molar-refractivity contribution in [1.29, 1.82) is 0 Å². The number of oxazole rings is 2. The van der Waals surface area contributed by atoms with E-state index in [1.165, 1.54) is 11.1 Å². The van der Waals surface area contributed by atoms with Gasteiger partial charge in [-0.2, -0.15) is 0 Å². The van der Waals surface area contributed by atoms with Crippen molar-refractivity contribution in [3.8, 4) is 11.1 Å². The van der Waals surface area contributed by atoms with Gasteiger partial charge in [-0.25, -0.2) is 9.97 Å². The average Bonchev–Trinajstić information content (AvgIpc) is 3.93. The molecule has 0 spiro atoms. The topological polar surface area (TPSA) is 58.5 Å². The molecule has 0 unspecified atom stereocenters. The van der Waals surface area contributed by atoms with Crippen molar-refractivity contribution in [3.05, 3.63) is 228 Å². The van der Waals surface area contributed by atoms with Crippen LogP contribution in [-0.4, -0.2) is 9.97 Å². The van der Waals surface area contributed by atoms with Crippen molar-refractivity contribution in [3.63, 3.8) is 0 Å². The standard InChI is InChI=1S/C56H42N4O2/c1-39-9-7-11-49(37-39)59(45-27-17-41(18-28-45)21-35-55-57-51-13-3-5-15-53(51)61-55)47-31-23-43(24-32-47)44-25-33-48(34-26-44)60(50-12-8-10-40(2)38-50)46-29-19-42(20-30-46)22-36-56-58-52-14-4-6-16-54(52)62-56/h3-38H,1-2H3/b35-21+,36-22+. The molecule has 0 aliphatic rings. The second-order valence-electron chi connectivity index (χ2n) is 15.3. The Kier molecular flexibility index (Phi) is 10.3. The number of rotatable bonds is 11. The van der Waals surface area contributed by atoms with Crippen LogP contribution in [0, 0.1) is 13.8 Å². The van der Waals surface area contributed by atoms with Crippen LogP contribution in [0.4, 0.5) is 34.1 Å². The molecule has 0 bridgehead atoms. The summed E-state index contributed by atoms with van der Waals surface area (Å²) in [7, 11) is 0. The van der Waals surface area contributed by atoms with Crippen LogP contribution in [0.5, 0.6) is 0 Å². The van der Waals surface area contributed by atoms with Crippen LogP contribution < -0.4 is 9.80 Å². The predicted molar refractivity (Wildman–Crippen MR) is 257 cm³/mol. The lowest BCUT2D eigenvalue weighted by Crippen LogP contribution is -2.10. The number of anilines is 6. The Bertz CT molecular complexity index is 2910. The third kappa shape index (κ3) is 8.18. The summed E-state index contributed by atoms with van der Waals surface area (Å²) in [6, 6.07) is 67.6. The smallest absolute Gasteiger partial charge is 0.220 e. The first-order valence-electron chi connectivity index (χ1n) is 20.7. The minimum Gasteiger partial charge on any atom is -0.437 e. The first-order valence-corrected chi connectivity index (χ1v) is 20.7. The zero-order chi connectivity index (χ0) is 41.8. The van der Waals surface area contributed by atoms with E-state index < -0.39 is 0 Å². The largest absolute Gasteiger partial charge is 0.437 e. The molecule has 2 heterocycles. The first kappa shape index (κ1) is 38.0. The van der Waals surface area contributed by atoms with Gasteiger partial charge in [0, 0.05) is 46.3 Å². The number of benzene rings is 8. The van der Waals surface area contributed by atoms with E-state index >= 15 is 0 Å². The molecular formula is C56H42N4O2. The van der Waals surface area contributed by atoms with Gasteiger partial charge in [-0.15, -0.1) is 0 Å². The molecule has 0 aliphatic heterocycles. The van der Waals surface area contributed by atoms with Crippen molar-refractivity contribution >= 4 is 80.6 Å². The normalized spacial score (nSPS) is 11.6. The highest BCUT2D eigenvalue weighted by Crippen LogP contribution is 2.39. The van der Waals surface area contributed by atoms with Gasteiger partial charge in [0.2, 0.25) is 11.8 Å². The quantitative estimate of drug-likeness (QED) is 0.130. The van der Waals surface area contributed by atoms with Gasteiger partial charge >= 0.3 is 0 Å². The second-order valence-corrected chi connectivity index (χ2v) is 15.3. The van der Waals surface area contributed by atoms with Gasteiger partial charge in [0.05, 0.1) is 0 Å². The first-order chi connectivity index (χ1) is 30.5. The highest BCUT2D eigenvalue weighted by molar-refractivity contribution is 5.83. The van der Waals surface area contributed by atoms with Crippen molar-refractivity contribution in [2.75, 3.05) is 9.80 Å².